The monoisotopic (exact) mass is 257 g/mol. The fourth-order valence-electron chi connectivity index (χ4n) is 1.49. The van der Waals surface area contributed by atoms with E-state index < -0.39 is 5.97 Å². The predicted octanol–water partition coefficient (Wildman–Crippen LogP) is 2.77. The highest BCUT2D eigenvalue weighted by Crippen LogP contribution is 2.21. The van der Waals surface area contributed by atoms with E-state index in [4.69, 9.17) is 9.84 Å². The van der Waals surface area contributed by atoms with Crippen molar-refractivity contribution in [2.45, 2.75) is 6.92 Å². The van der Waals surface area contributed by atoms with E-state index in [-0.39, 0.29) is 11.3 Å². The number of ether oxygens (including phenoxy) is 1. The van der Waals surface area contributed by atoms with Gasteiger partial charge in [-0.3, -0.25) is 9.78 Å². The molecule has 1 heterocycles. The third-order valence-electron chi connectivity index (χ3n) is 2.46. The van der Waals surface area contributed by atoms with Crippen molar-refractivity contribution in [1.29, 1.82) is 0 Å². The van der Waals surface area contributed by atoms with Crippen LogP contribution in [0.1, 0.15) is 27.6 Å². The van der Waals surface area contributed by atoms with Gasteiger partial charge in [-0.2, -0.15) is 0 Å². The Balaban J connectivity index is 2.19. The molecule has 2 rings (SSSR count). The maximum absolute atomic E-state index is 11.1. The molecule has 96 valence electrons. The van der Waals surface area contributed by atoms with Gasteiger partial charge >= 0.3 is 5.97 Å². The molecule has 0 bridgehead atoms. The first kappa shape index (κ1) is 12.8. The minimum absolute atomic E-state index is 0.0268. The molecule has 5 nitrogen and oxygen atoms in total. The molecule has 0 unspecified atom stereocenters. The zero-order chi connectivity index (χ0) is 13.8. The number of carbonyl (C=O) groups is 2. The molecule has 0 radical (unpaired) electrons. The molecule has 1 aromatic carbocycles. The van der Waals surface area contributed by atoms with Gasteiger partial charge in [0.05, 0.1) is 11.8 Å². The van der Waals surface area contributed by atoms with Gasteiger partial charge in [0, 0.05) is 11.8 Å². The highest BCUT2D eigenvalue weighted by molar-refractivity contribution is 5.94. The summed E-state index contributed by atoms with van der Waals surface area (Å²) in [6, 6.07) is 7.96. The lowest BCUT2D eigenvalue weighted by atomic mass is 10.1. The summed E-state index contributed by atoms with van der Waals surface area (Å²) in [5.41, 5.74) is 0.641. The summed E-state index contributed by atoms with van der Waals surface area (Å²) in [6.07, 6.45) is 2.67. The molecular formula is C14H11NO4. The van der Waals surface area contributed by atoms with Crippen molar-refractivity contribution in [2.24, 2.45) is 0 Å². The lowest BCUT2D eigenvalue weighted by Gasteiger charge is -2.06. The van der Waals surface area contributed by atoms with Crippen molar-refractivity contribution in [1.82, 2.24) is 4.98 Å². The Morgan fingerprint density at radius 2 is 1.74 bits per heavy atom. The van der Waals surface area contributed by atoms with Gasteiger partial charge < -0.3 is 9.84 Å². The van der Waals surface area contributed by atoms with Gasteiger partial charge in [0.25, 0.3) is 0 Å². The molecule has 0 saturated carbocycles. The molecule has 5 heteroatoms. The van der Waals surface area contributed by atoms with Crippen LogP contribution in [0.5, 0.6) is 11.5 Å². The Morgan fingerprint density at radius 1 is 1.05 bits per heavy atom. The molecule has 0 aliphatic rings. The number of nitrogens with zero attached hydrogens (tertiary/aromatic N) is 1. The van der Waals surface area contributed by atoms with Crippen molar-refractivity contribution in [3.05, 3.63) is 53.9 Å². The van der Waals surface area contributed by atoms with Gasteiger partial charge in [-0.1, -0.05) is 0 Å². The number of aromatic nitrogens is 1. The smallest absolute Gasteiger partial charge is 0.337 e. The average molecular weight is 257 g/mol. The summed E-state index contributed by atoms with van der Waals surface area (Å²) in [4.78, 5) is 25.7. The minimum Gasteiger partial charge on any atom is -0.478 e. The predicted molar refractivity (Wildman–Crippen MR) is 67.7 cm³/mol. The second kappa shape index (κ2) is 5.30. The third kappa shape index (κ3) is 3.16. The van der Waals surface area contributed by atoms with Crippen molar-refractivity contribution in [3.8, 4) is 11.5 Å². The van der Waals surface area contributed by atoms with Crippen LogP contribution in [0.2, 0.25) is 0 Å². The fourth-order valence-corrected chi connectivity index (χ4v) is 1.49. The van der Waals surface area contributed by atoms with Gasteiger partial charge in [0.15, 0.2) is 5.78 Å². The van der Waals surface area contributed by atoms with E-state index in [9.17, 15) is 9.59 Å². The topological polar surface area (TPSA) is 76.5 Å². The Hall–Kier alpha value is -2.69. The quantitative estimate of drug-likeness (QED) is 0.852. The highest BCUT2D eigenvalue weighted by Gasteiger charge is 2.06. The van der Waals surface area contributed by atoms with Crippen LogP contribution in [0, 0.1) is 0 Å². The number of benzene rings is 1. The van der Waals surface area contributed by atoms with Crippen LogP contribution in [0.3, 0.4) is 0 Å². The zero-order valence-corrected chi connectivity index (χ0v) is 10.2. The summed E-state index contributed by atoms with van der Waals surface area (Å²) in [7, 11) is 0. The molecule has 2 aromatic rings. The van der Waals surface area contributed by atoms with Crippen LogP contribution in [0.25, 0.3) is 0 Å². The van der Waals surface area contributed by atoms with Gasteiger partial charge in [-0.05, 0) is 37.3 Å². The number of carboxylic acid groups (broad SMARTS) is 1. The number of carboxylic acids is 1. The second-order valence-electron chi connectivity index (χ2n) is 3.90. The number of hydrogen-bond donors (Lipinski definition) is 1. The van der Waals surface area contributed by atoms with E-state index in [2.05, 4.69) is 4.98 Å². The molecule has 0 aliphatic heterocycles. The van der Waals surface area contributed by atoms with E-state index >= 15 is 0 Å². The van der Waals surface area contributed by atoms with Gasteiger partial charge in [0.2, 0.25) is 0 Å². The highest BCUT2D eigenvalue weighted by atomic mass is 16.5. The summed E-state index contributed by atoms with van der Waals surface area (Å²) >= 11 is 0. The third-order valence-corrected chi connectivity index (χ3v) is 2.46. The summed E-state index contributed by atoms with van der Waals surface area (Å²) in [5, 5.41) is 8.84. The van der Waals surface area contributed by atoms with Crippen molar-refractivity contribution in [3.63, 3.8) is 0 Å². The summed E-state index contributed by atoms with van der Waals surface area (Å²) in [6.45, 7) is 1.48. The molecule has 0 amide bonds. The molecule has 19 heavy (non-hydrogen) atoms. The SMILES string of the molecule is CC(=O)c1ccc(Oc2cncc(C(=O)O)c2)cc1. The summed E-state index contributed by atoms with van der Waals surface area (Å²) < 4.78 is 5.47. The van der Waals surface area contributed by atoms with Crippen LogP contribution in [0.4, 0.5) is 0 Å². The Kier molecular flexibility index (Phi) is 3.56. The summed E-state index contributed by atoms with van der Waals surface area (Å²) in [5.74, 6) is -0.254. The van der Waals surface area contributed by atoms with E-state index in [1.807, 2.05) is 0 Å². The van der Waals surface area contributed by atoms with Crippen LogP contribution in [0.15, 0.2) is 42.7 Å². The lowest BCUT2D eigenvalue weighted by Crippen LogP contribution is -1.97. The molecule has 0 aliphatic carbocycles. The molecule has 0 fully saturated rings. The van der Waals surface area contributed by atoms with Gasteiger partial charge in [-0.15, -0.1) is 0 Å². The molecule has 0 spiro atoms. The average Bonchev–Trinajstić information content (AvgIpc) is 2.39. The number of carbonyl (C=O) groups excluding carboxylic acids is 1. The van der Waals surface area contributed by atoms with Crippen LogP contribution < -0.4 is 4.74 Å². The van der Waals surface area contributed by atoms with E-state index in [0.717, 1.165) is 0 Å². The molecule has 0 saturated heterocycles. The lowest BCUT2D eigenvalue weighted by molar-refractivity contribution is 0.0695. The Morgan fingerprint density at radius 3 is 2.32 bits per heavy atom. The maximum atomic E-state index is 11.1. The maximum Gasteiger partial charge on any atom is 0.337 e. The first-order chi connectivity index (χ1) is 9.06. The minimum atomic E-state index is -1.06. The van der Waals surface area contributed by atoms with Crippen molar-refractivity contribution in [2.75, 3.05) is 0 Å². The van der Waals surface area contributed by atoms with Crippen LogP contribution in [-0.2, 0) is 0 Å². The largest absolute Gasteiger partial charge is 0.478 e. The number of hydrogen-bond acceptors (Lipinski definition) is 4. The number of aromatic carboxylic acids is 1. The van der Waals surface area contributed by atoms with E-state index in [1.165, 1.54) is 25.4 Å². The first-order valence-electron chi connectivity index (χ1n) is 5.53. The molecule has 1 aromatic heterocycles. The fraction of sp³-hybridized carbons (Fsp3) is 0.0714. The van der Waals surface area contributed by atoms with E-state index in [1.54, 1.807) is 24.3 Å². The van der Waals surface area contributed by atoms with Gasteiger partial charge in [0.1, 0.15) is 11.5 Å². The molecule has 0 atom stereocenters. The number of pyridine rings is 1. The van der Waals surface area contributed by atoms with Crippen LogP contribution >= 0.6 is 0 Å². The van der Waals surface area contributed by atoms with Gasteiger partial charge in [-0.25, -0.2) is 4.79 Å². The second-order valence-corrected chi connectivity index (χ2v) is 3.90. The molecular weight excluding hydrogens is 246 g/mol. The normalized spacial score (nSPS) is 9.95. The number of ketones is 1. The van der Waals surface area contributed by atoms with Crippen molar-refractivity contribution >= 4 is 11.8 Å². The first-order valence-corrected chi connectivity index (χ1v) is 5.53. The van der Waals surface area contributed by atoms with Crippen LogP contribution in [-0.4, -0.2) is 21.8 Å². The standard InChI is InChI=1S/C14H11NO4/c1-9(16)10-2-4-12(5-3-10)19-13-6-11(14(17)18)7-15-8-13/h2-8H,1H3,(H,17,18). The Bertz CT molecular complexity index is 620. The number of rotatable bonds is 4. The Labute approximate surface area is 109 Å². The molecule has 1 N–H and O–H groups in total. The van der Waals surface area contributed by atoms with Crippen molar-refractivity contribution < 1.29 is 19.4 Å². The van der Waals surface area contributed by atoms with E-state index in [0.29, 0.717) is 17.1 Å². The number of Topliss-reactive ketones (excluding diaryl/α,β-unsaturated/α-hetero) is 1. The zero-order valence-electron chi connectivity index (χ0n) is 10.2.